The molecular formula is C24H33N3O3. The molecule has 6 heteroatoms. The Labute approximate surface area is 178 Å². The monoisotopic (exact) mass is 411 g/mol. The minimum atomic E-state index is -0.583. The van der Waals surface area contributed by atoms with Gasteiger partial charge in [0, 0.05) is 18.5 Å². The minimum absolute atomic E-state index is 0.0415. The van der Waals surface area contributed by atoms with E-state index in [2.05, 4.69) is 18.1 Å². The van der Waals surface area contributed by atoms with Crippen LogP contribution in [0.5, 0.6) is 0 Å². The van der Waals surface area contributed by atoms with Crippen LogP contribution < -0.4 is 0 Å². The SMILES string of the molecule is C[C@@]1(O)CC[C@@H]2[C@H]3CC[C@]4(C)[C@@H](C(=O)Cn5cc(C#N)cn5)CC[C@H]4[C@@H]3CO[C@@H]2C1. The second kappa shape index (κ2) is 7.17. The zero-order valence-corrected chi connectivity index (χ0v) is 18.1. The van der Waals surface area contributed by atoms with Crippen molar-refractivity contribution in [3.8, 4) is 6.07 Å². The zero-order valence-electron chi connectivity index (χ0n) is 18.1. The number of carbonyl (C=O) groups excluding carboxylic acids is 1. The largest absolute Gasteiger partial charge is 0.390 e. The highest BCUT2D eigenvalue weighted by molar-refractivity contribution is 5.82. The lowest BCUT2D eigenvalue weighted by atomic mass is 9.53. The molecule has 2 heterocycles. The predicted octanol–water partition coefficient (Wildman–Crippen LogP) is 3.33. The summed E-state index contributed by atoms with van der Waals surface area (Å²) in [6.45, 7) is 5.33. The van der Waals surface area contributed by atoms with Gasteiger partial charge in [-0.15, -0.1) is 0 Å². The van der Waals surface area contributed by atoms with Crippen LogP contribution >= 0.6 is 0 Å². The lowest BCUT2D eigenvalue weighted by molar-refractivity contribution is -0.183. The van der Waals surface area contributed by atoms with E-state index < -0.39 is 5.60 Å². The van der Waals surface area contributed by atoms with Crippen LogP contribution in [-0.2, 0) is 16.1 Å². The van der Waals surface area contributed by atoms with Crippen molar-refractivity contribution in [3.63, 3.8) is 0 Å². The predicted molar refractivity (Wildman–Crippen MR) is 110 cm³/mol. The highest BCUT2D eigenvalue weighted by Crippen LogP contribution is 2.62. The summed E-state index contributed by atoms with van der Waals surface area (Å²) in [5.41, 5.74) is -0.0426. The van der Waals surface area contributed by atoms with Gasteiger partial charge in [0.05, 0.1) is 36.6 Å². The molecule has 1 aromatic rings. The van der Waals surface area contributed by atoms with Gasteiger partial charge in [-0.1, -0.05) is 6.92 Å². The third kappa shape index (κ3) is 3.22. The second-order valence-corrected chi connectivity index (χ2v) is 10.9. The Morgan fingerprint density at radius 3 is 2.83 bits per heavy atom. The highest BCUT2D eigenvalue weighted by atomic mass is 16.5. The number of hydrogen-bond donors (Lipinski definition) is 1. The number of aliphatic hydroxyl groups is 1. The van der Waals surface area contributed by atoms with Gasteiger partial charge in [-0.05, 0) is 74.5 Å². The van der Waals surface area contributed by atoms with Crippen LogP contribution in [0.15, 0.2) is 12.4 Å². The number of carbonyl (C=O) groups is 1. The highest BCUT2D eigenvalue weighted by Gasteiger charge is 2.59. The Kier molecular flexibility index (Phi) is 4.83. The summed E-state index contributed by atoms with van der Waals surface area (Å²) in [4.78, 5) is 13.2. The number of ether oxygens (including phenoxy) is 1. The van der Waals surface area contributed by atoms with E-state index in [1.807, 2.05) is 6.92 Å². The van der Waals surface area contributed by atoms with Gasteiger partial charge in [0.25, 0.3) is 0 Å². The van der Waals surface area contributed by atoms with Crippen molar-refractivity contribution >= 4 is 5.78 Å². The smallest absolute Gasteiger partial charge is 0.157 e. The number of ketones is 1. The second-order valence-electron chi connectivity index (χ2n) is 10.9. The summed E-state index contributed by atoms with van der Waals surface area (Å²) < 4.78 is 7.97. The zero-order chi connectivity index (χ0) is 21.1. The molecule has 0 bridgehead atoms. The first-order chi connectivity index (χ1) is 14.3. The fraction of sp³-hybridized carbons (Fsp3) is 0.792. The van der Waals surface area contributed by atoms with E-state index in [9.17, 15) is 9.90 Å². The third-order valence-electron chi connectivity index (χ3n) is 9.15. The number of fused-ring (bicyclic) bond motifs is 5. The van der Waals surface area contributed by atoms with Gasteiger partial charge in [0.2, 0.25) is 0 Å². The number of nitriles is 1. The minimum Gasteiger partial charge on any atom is -0.390 e. The normalized spacial score (nSPS) is 45.1. The number of hydrogen-bond acceptors (Lipinski definition) is 5. The van der Waals surface area contributed by atoms with Crippen molar-refractivity contribution in [2.24, 2.45) is 35.0 Å². The Bertz CT molecular complexity index is 871. The van der Waals surface area contributed by atoms with E-state index in [4.69, 9.17) is 10.00 Å². The molecule has 1 N–H and O–H groups in total. The number of Topliss-reactive ketones (excluding diaryl/α,β-unsaturated/α-hetero) is 1. The fourth-order valence-electron chi connectivity index (χ4n) is 7.65. The first-order valence-corrected chi connectivity index (χ1v) is 11.6. The Morgan fingerprint density at radius 1 is 1.27 bits per heavy atom. The van der Waals surface area contributed by atoms with E-state index in [1.54, 1.807) is 10.9 Å². The van der Waals surface area contributed by atoms with E-state index in [-0.39, 0.29) is 29.8 Å². The molecular weight excluding hydrogens is 378 g/mol. The van der Waals surface area contributed by atoms with Crippen molar-refractivity contribution in [1.29, 1.82) is 5.26 Å². The van der Waals surface area contributed by atoms with Gasteiger partial charge in [-0.2, -0.15) is 10.4 Å². The average Bonchev–Trinajstić information content (AvgIpc) is 3.30. The number of aromatic nitrogens is 2. The molecule has 0 spiro atoms. The van der Waals surface area contributed by atoms with Crippen LogP contribution in [0.4, 0.5) is 0 Å². The Hall–Kier alpha value is -1.71. The molecule has 5 rings (SSSR count). The van der Waals surface area contributed by atoms with E-state index in [0.29, 0.717) is 29.2 Å². The molecule has 30 heavy (non-hydrogen) atoms. The quantitative estimate of drug-likeness (QED) is 0.824. The maximum atomic E-state index is 13.2. The molecule has 162 valence electrons. The molecule has 6 nitrogen and oxygen atoms in total. The van der Waals surface area contributed by atoms with Gasteiger partial charge in [-0.3, -0.25) is 9.48 Å². The molecule has 4 fully saturated rings. The summed E-state index contributed by atoms with van der Waals surface area (Å²) in [6, 6.07) is 2.08. The molecule has 1 saturated heterocycles. The standard InChI is InChI=1S/C24H33N3O3/c1-23(29)7-5-17-16-6-8-24(2)19(18(16)14-30-22(17)9-23)3-4-20(24)21(28)13-27-12-15(10-25)11-26-27/h11-12,16-20,22,29H,3-9,13-14H2,1-2H3/t16-,17-,18-,19+,20-,22-,23-,24+/m1/s1. The van der Waals surface area contributed by atoms with Gasteiger partial charge < -0.3 is 9.84 Å². The number of nitrogens with zero attached hydrogens (tertiary/aromatic N) is 3. The summed E-state index contributed by atoms with van der Waals surface area (Å²) in [7, 11) is 0. The lowest BCUT2D eigenvalue weighted by Gasteiger charge is -2.56. The van der Waals surface area contributed by atoms with E-state index >= 15 is 0 Å². The van der Waals surface area contributed by atoms with Crippen LogP contribution in [0, 0.1) is 46.3 Å². The van der Waals surface area contributed by atoms with Crippen LogP contribution in [0.25, 0.3) is 0 Å². The van der Waals surface area contributed by atoms with Gasteiger partial charge in [0.15, 0.2) is 5.78 Å². The van der Waals surface area contributed by atoms with Crippen LogP contribution in [0.2, 0.25) is 0 Å². The molecule has 1 aliphatic heterocycles. The molecule has 3 saturated carbocycles. The van der Waals surface area contributed by atoms with Crippen molar-refractivity contribution in [1.82, 2.24) is 9.78 Å². The van der Waals surface area contributed by atoms with Crippen LogP contribution in [0.1, 0.15) is 64.4 Å². The molecule has 0 unspecified atom stereocenters. The molecule has 0 aromatic carbocycles. The first-order valence-electron chi connectivity index (χ1n) is 11.6. The molecule has 0 amide bonds. The topological polar surface area (TPSA) is 88.1 Å². The van der Waals surface area contributed by atoms with Crippen LogP contribution in [0.3, 0.4) is 0 Å². The molecule has 0 radical (unpaired) electrons. The lowest BCUT2D eigenvalue weighted by Crippen LogP contribution is -2.55. The summed E-state index contributed by atoms with van der Waals surface area (Å²) >= 11 is 0. The maximum Gasteiger partial charge on any atom is 0.157 e. The summed E-state index contributed by atoms with van der Waals surface area (Å²) in [5.74, 6) is 2.66. The van der Waals surface area contributed by atoms with Crippen molar-refractivity contribution in [2.75, 3.05) is 6.61 Å². The average molecular weight is 412 g/mol. The molecule has 3 aliphatic carbocycles. The van der Waals surface area contributed by atoms with Gasteiger partial charge in [0.1, 0.15) is 6.07 Å². The van der Waals surface area contributed by atoms with Crippen molar-refractivity contribution in [2.45, 2.75) is 77.0 Å². The summed E-state index contributed by atoms with van der Waals surface area (Å²) in [5, 5.41) is 23.7. The number of rotatable bonds is 3. The third-order valence-corrected chi connectivity index (χ3v) is 9.15. The van der Waals surface area contributed by atoms with E-state index in [0.717, 1.165) is 45.1 Å². The molecule has 4 aliphatic rings. The maximum absolute atomic E-state index is 13.2. The van der Waals surface area contributed by atoms with E-state index in [1.165, 1.54) is 12.6 Å². The van der Waals surface area contributed by atoms with Gasteiger partial charge in [-0.25, -0.2) is 0 Å². The fourth-order valence-corrected chi connectivity index (χ4v) is 7.65. The van der Waals surface area contributed by atoms with Crippen molar-refractivity contribution in [3.05, 3.63) is 18.0 Å². The Balaban J connectivity index is 1.30. The first kappa shape index (κ1) is 20.2. The summed E-state index contributed by atoms with van der Waals surface area (Å²) in [6.07, 6.45) is 10.4. The van der Waals surface area contributed by atoms with Gasteiger partial charge >= 0.3 is 0 Å². The van der Waals surface area contributed by atoms with Crippen LogP contribution in [-0.4, -0.2) is 39.0 Å². The Morgan fingerprint density at radius 2 is 2.07 bits per heavy atom. The molecule has 8 atom stereocenters. The molecule has 1 aromatic heterocycles. The van der Waals surface area contributed by atoms with Crippen molar-refractivity contribution < 1.29 is 14.6 Å².